The van der Waals surface area contributed by atoms with Crippen molar-refractivity contribution in [1.82, 2.24) is 9.97 Å². The number of hydrogen-bond acceptors (Lipinski definition) is 6. The Hall–Kier alpha value is -3.35. The quantitative estimate of drug-likeness (QED) is 0.723. The molecule has 2 aromatic carbocycles. The van der Waals surface area contributed by atoms with Crippen LogP contribution in [0.1, 0.15) is 5.56 Å². The molecule has 4 rings (SSSR count). The molecule has 2 heterocycles. The molecule has 0 radical (unpaired) electrons. The smallest absolute Gasteiger partial charge is 0.159 e. The third kappa shape index (κ3) is 3.69. The first-order valence-electron chi connectivity index (χ1n) is 9.30. The zero-order valence-corrected chi connectivity index (χ0v) is 15.8. The number of nitrogen functional groups attached to an aromatic ring is 1. The van der Waals surface area contributed by atoms with Crippen LogP contribution in [-0.4, -0.2) is 36.1 Å². The second-order valence-corrected chi connectivity index (χ2v) is 6.88. The Kier molecular flexibility index (Phi) is 4.97. The molecule has 1 aromatic heterocycles. The van der Waals surface area contributed by atoms with E-state index in [4.69, 9.17) is 5.73 Å². The molecule has 3 N–H and O–H groups in total. The molecule has 0 spiro atoms. The molecule has 1 saturated heterocycles. The largest absolute Gasteiger partial charge is 0.393 e. The molecule has 7 heteroatoms. The summed E-state index contributed by atoms with van der Waals surface area (Å²) in [5.74, 6) is 1.10. The van der Waals surface area contributed by atoms with Crippen LogP contribution >= 0.6 is 0 Å². The molecule has 1 fully saturated rings. The molecule has 28 heavy (non-hydrogen) atoms. The van der Waals surface area contributed by atoms with E-state index in [-0.39, 0.29) is 5.82 Å². The highest BCUT2D eigenvalue weighted by atomic mass is 19.1. The zero-order valence-electron chi connectivity index (χ0n) is 15.8. The number of nitrogens with one attached hydrogen (secondary N) is 1. The van der Waals surface area contributed by atoms with Gasteiger partial charge in [-0.2, -0.15) is 0 Å². The number of anilines is 5. The van der Waals surface area contributed by atoms with E-state index in [1.807, 2.05) is 43.3 Å². The van der Waals surface area contributed by atoms with E-state index in [9.17, 15) is 4.39 Å². The summed E-state index contributed by atoms with van der Waals surface area (Å²) in [7, 11) is 0. The van der Waals surface area contributed by atoms with Gasteiger partial charge in [-0.1, -0.05) is 29.8 Å². The number of benzene rings is 2. The summed E-state index contributed by atoms with van der Waals surface area (Å²) in [4.78, 5) is 12.9. The van der Waals surface area contributed by atoms with Gasteiger partial charge in [-0.05, 0) is 31.2 Å². The first-order chi connectivity index (χ1) is 13.6. The molecule has 0 atom stereocenters. The lowest BCUT2D eigenvalue weighted by Gasteiger charge is -2.37. The highest BCUT2D eigenvalue weighted by Crippen LogP contribution is 2.30. The average Bonchev–Trinajstić information content (AvgIpc) is 2.72. The minimum atomic E-state index is -0.193. The van der Waals surface area contributed by atoms with Crippen LogP contribution in [0.2, 0.25) is 0 Å². The predicted molar refractivity (Wildman–Crippen MR) is 112 cm³/mol. The highest BCUT2D eigenvalue weighted by molar-refractivity contribution is 5.78. The summed E-state index contributed by atoms with van der Waals surface area (Å²) < 4.78 is 14.0. The van der Waals surface area contributed by atoms with Crippen molar-refractivity contribution in [2.45, 2.75) is 6.92 Å². The maximum Gasteiger partial charge on any atom is 0.159 e. The third-order valence-corrected chi connectivity index (χ3v) is 4.95. The highest BCUT2D eigenvalue weighted by Gasteiger charge is 2.22. The van der Waals surface area contributed by atoms with Crippen molar-refractivity contribution in [2.24, 2.45) is 0 Å². The molecule has 6 nitrogen and oxygen atoms in total. The Bertz CT molecular complexity index is 951. The lowest BCUT2D eigenvalue weighted by atomic mass is 10.2. The number of aromatic nitrogens is 2. The molecular formula is C21H23FN6. The van der Waals surface area contributed by atoms with Gasteiger partial charge in [0, 0.05) is 31.9 Å². The van der Waals surface area contributed by atoms with Crippen LogP contribution in [0.4, 0.5) is 33.1 Å². The summed E-state index contributed by atoms with van der Waals surface area (Å²) >= 11 is 0. The summed E-state index contributed by atoms with van der Waals surface area (Å²) in [5.41, 5.74) is 9.63. The molecule has 0 unspecified atom stereocenters. The maximum atomic E-state index is 14.0. The molecule has 144 valence electrons. The predicted octanol–water partition coefficient (Wildman–Crippen LogP) is 3.58. The monoisotopic (exact) mass is 378 g/mol. The van der Waals surface area contributed by atoms with Crippen molar-refractivity contribution in [2.75, 3.05) is 47.0 Å². The van der Waals surface area contributed by atoms with Gasteiger partial charge in [0.15, 0.2) is 11.6 Å². The molecule has 3 aromatic rings. The molecule has 1 aliphatic rings. The minimum Gasteiger partial charge on any atom is -0.393 e. The number of aryl methyl sites for hydroxylation is 1. The summed E-state index contributed by atoms with van der Waals surface area (Å²) in [5, 5.41) is 3.26. The molecule has 0 amide bonds. The summed E-state index contributed by atoms with van der Waals surface area (Å²) in [6, 6.07) is 14.9. The zero-order chi connectivity index (χ0) is 19.5. The Morgan fingerprint density at radius 3 is 2.32 bits per heavy atom. The Labute approximate surface area is 163 Å². The van der Waals surface area contributed by atoms with E-state index in [2.05, 4.69) is 25.1 Å². The van der Waals surface area contributed by atoms with Gasteiger partial charge in [0.25, 0.3) is 0 Å². The Morgan fingerprint density at radius 2 is 1.61 bits per heavy atom. The second kappa shape index (κ2) is 7.72. The van der Waals surface area contributed by atoms with Crippen LogP contribution in [0, 0.1) is 12.7 Å². The summed E-state index contributed by atoms with van der Waals surface area (Å²) in [6.07, 6.45) is 1.52. The van der Waals surface area contributed by atoms with E-state index >= 15 is 0 Å². The van der Waals surface area contributed by atoms with Crippen molar-refractivity contribution in [3.63, 3.8) is 0 Å². The van der Waals surface area contributed by atoms with Gasteiger partial charge in [-0.3, -0.25) is 0 Å². The maximum absolute atomic E-state index is 14.0. The van der Waals surface area contributed by atoms with E-state index in [0.29, 0.717) is 49.2 Å². The van der Waals surface area contributed by atoms with E-state index in [1.165, 1.54) is 18.0 Å². The van der Waals surface area contributed by atoms with Crippen molar-refractivity contribution in [1.29, 1.82) is 0 Å². The standard InChI is InChI=1S/C21H23FN6/c1-15-6-8-16(9-7-15)26-20-19(23)21(25-14-24-20)28-12-10-27(11-13-28)18-5-3-2-4-17(18)22/h2-9,14H,10-13,23H2,1H3,(H,24,25,26). The number of nitrogens with zero attached hydrogens (tertiary/aromatic N) is 4. The number of halogens is 1. The van der Waals surface area contributed by atoms with Crippen LogP contribution in [-0.2, 0) is 0 Å². The molecule has 1 aliphatic heterocycles. The fraction of sp³-hybridized carbons (Fsp3) is 0.238. The number of nitrogens with two attached hydrogens (primary N) is 1. The fourth-order valence-corrected chi connectivity index (χ4v) is 3.38. The van der Waals surface area contributed by atoms with Crippen molar-refractivity contribution >= 4 is 28.7 Å². The number of piperazine rings is 1. The van der Waals surface area contributed by atoms with Crippen LogP contribution in [0.5, 0.6) is 0 Å². The molecule has 0 bridgehead atoms. The van der Waals surface area contributed by atoms with Crippen molar-refractivity contribution in [3.8, 4) is 0 Å². The van der Waals surface area contributed by atoms with Gasteiger partial charge >= 0.3 is 0 Å². The van der Waals surface area contributed by atoms with E-state index in [1.54, 1.807) is 6.07 Å². The molecule has 0 aliphatic carbocycles. The van der Waals surface area contributed by atoms with Gasteiger partial charge < -0.3 is 20.9 Å². The third-order valence-electron chi connectivity index (χ3n) is 4.95. The molecule has 0 saturated carbocycles. The van der Waals surface area contributed by atoms with Crippen LogP contribution in [0.15, 0.2) is 54.9 Å². The van der Waals surface area contributed by atoms with Gasteiger partial charge in [-0.25, -0.2) is 14.4 Å². The van der Waals surface area contributed by atoms with Gasteiger partial charge in [-0.15, -0.1) is 0 Å². The van der Waals surface area contributed by atoms with E-state index in [0.717, 1.165) is 5.69 Å². The van der Waals surface area contributed by atoms with Gasteiger partial charge in [0.1, 0.15) is 17.8 Å². The topological polar surface area (TPSA) is 70.3 Å². The van der Waals surface area contributed by atoms with Crippen LogP contribution in [0.25, 0.3) is 0 Å². The van der Waals surface area contributed by atoms with Crippen molar-refractivity contribution < 1.29 is 4.39 Å². The minimum absolute atomic E-state index is 0.193. The number of hydrogen-bond donors (Lipinski definition) is 2. The normalized spacial score (nSPS) is 14.2. The van der Waals surface area contributed by atoms with Crippen LogP contribution in [0.3, 0.4) is 0 Å². The molecular weight excluding hydrogens is 355 g/mol. The van der Waals surface area contributed by atoms with E-state index < -0.39 is 0 Å². The lowest BCUT2D eigenvalue weighted by Crippen LogP contribution is -2.47. The SMILES string of the molecule is Cc1ccc(Nc2ncnc(N3CCN(c4ccccc4F)CC3)c2N)cc1. The van der Waals surface area contributed by atoms with Crippen LogP contribution < -0.4 is 20.9 Å². The fourth-order valence-electron chi connectivity index (χ4n) is 3.38. The first kappa shape index (κ1) is 18.0. The van der Waals surface area contributed by atoms with Crippen molar-refractivity contribution in [3.05, 3.63) is 66.2 Å². The lowest BCUT2D eigenvalue weighted by molar-refractivity contribution is 0.596. The second-order valence-electron chi connectivity index (χ2n) is 6.88. The Balaban J connectivity index is 1.48. The number of para-hydroxylation sites is 1. The number of rotatable bonds is 4. The summed E-state index contributed by atoms with van der Waals surface area (Å²) in [6.45, 7) is 4.86. The first-order valence-corrected chi connectivity index (χ1v) is 9.30. The van der Waals surface area contributed by atoms with Gasteiger partial charge in [0.2, 0.25) is 0 Å². The van der Waals surface area contributed by atoms with Gasteiger partial charge in [0.05, 0.1) is 5.69 Å². The average molecular weight is 378 g/mol. The Morgan fingerprint density at radius 1 is 0.929 bits per heavy atom.